The van der Waals surface area contributed by atoms with E-state index in [-0.39, 0.29) is 0 Å². The van der Waals surface area contributed by atoms with Crippen LogP contribution in [0.4, 0.5) is 5.69 Å². The summed E-state index contributed by atoms with van der Waals surface area (Å²) in [5.74, 6) is -1.61. The van der Waals surface area contributed by atoms with Gasteiger partial charge in [0.2, 0.25) is 5.91 Å². The van der Waals surface area contributed by atoms with Gasteiger partial charge in [-0.15, -0.1) is 0 Å². The van der Waals surface area contributed by atoms with Gasteiger partial charge in [0, 0.05) is 22.3 Å². The van der Waals surface area contributed by atoms with Gasteiger partial charge in [-0.1, -0.05) is 15.9 Å². The summed E-state index contributed by atoms with van der Waals surface area (Å²) in [7, 11) is 0. The smallest absolute Gasteiger partial charge is 0.328 e. The number of amides is 1. The molecule has 1 aromatic carbocycles. The number of rotatable bonds is 3. The third-order valence-electron chi connectivity index (χ3n) is 2.14. The number of carbonyl (C=O) groups excluding carboxylic acids is 1. The molecule has 0 saturated carbocycles. The van der Waals surface area contributed by atoms with Crippen molar-refractivity contribution in [3.05, 3.63) is 39.9 Å². The van der Waals surface area contributed by atoms with Crippen LogP contribution in [0.3, 0.4) is 0 Å². The number of carbonyl (C=O) groups is 2. The molecule has 0 aromatic heterocycles. The van der Waals surface area contributed by atoms with Crippen molar-refractivity contribution < 1.29 is 14.7 Å². The predicted molar refractivity (Wildman–Crippen MR) is 69.0 cm³/mol. The molecule has 0 aliphatic heterocycles. The van der Waals surface area contributed by atoms with E-state index in [1.807, 2.05) is 26.0 Å². The molecule has 1 aromatic rings. The topological polar surface area (TPSA) is 66.4 Å². The molecule has 0 spiro atoms. The van der Waals surface area contributed by atoms with Gasteiger partial charge in [-0.3, -0.25) is 4.79 Å². The third kappa shape index (κ3) is 4.03. The number of aryl methyl sites for hydroxylation is 2. The second-order valence-corrected chi connectivity index (χ2v) is 4.43. The highest BCUT2D eigenvalue weighted by atomic mass is 79.9. The first-order valence-corrected chi connectivity index (χ1v) is 5.68. The standard InChI is InChI=1S/C12H12BrNO3/c1-7-6-10(8(2)5-9(7)13)14-11(15)3-4-12(16)17/h3-6H,1-2H3,(H,14,15)(H,16,17)/b4-3+. The Hall–Kier alpha value is -1.62. The lowest BCUT2D eigenvalue weighted by Gasteiger charge is -2.09. The highest BCUT2D eigenvalue weighted by Gasteiger charge is 2.05. The first kappa shape index (κ1) is 13.4. The second kappa shape index (κ2) is 5.63. The van der Waals surface area contributed by atoms with Crippen molar-refractivity contribution in [3.8, 4) is 0 Å². The van der Waals surface area contributed by atoms with E-state index in [0.29, 0.717) is 5.69 Å². The Balaban J connectivity index is 2.85. The van der Waals surface area contributed by atoms with Gasteiger partial charge in [-0.25, -0.2) is 4.79 Å². The Morgan fingerprint density at radius 1 is 1.24 bits per heavy atom. The molecule has 1 amide bonds. The SMILES string of the molecule is Cc1cc(NC(=O)/C=C/C(=O)O)c(C)cc1Br. The zero-order chi connectivity index (χ0) is 13.0. The number of carboxylic acids is 1. The predicted octanol–water partition coefficient (Wildman–Crippen LogP) is 2.65. The largest absolute Gasteiger partial charge is 0.478 e. The summed E-state index contributed by atoms with van der Waals surface area (Å²) in [6.45, 7) is 3.77. The van der Waals surface area contributed by atoms with Gasteiger partial charge in [-0.2, -0.15) is 0 Å². The van der Waals surface area contributed by atoms with Gasteiger partial charge in [0.05, 0.1) is 0 Å². The summed E-state index contributed by atoms with van der Waals surface area (Å²) < 4.78 is 0.967. The molecule has 4 nitrogen and oxygen atoms in total. The van der Waals surface area contributed by atoms with Crippen LogP contribution in [0.2, 0.25) is 0 Å². The summed E-state index contributed by atoms with van der Waals surface area (Å²) in [6.07, 6.45) is 1.79. The maximum Gasteiger partial charge on any atom is 0.328 e. The molecular weight excluding hydrogens is 286 g/mol. The molecule has 5 heteroatoms. The molecule has 0 atom stereocenters. The van der Waals surface area contributed by atoms with Crippen molar-refractivity contribution >= 4 is 33.5 Å². The van der Waals surface area contributed by atoms with E-state index < -0.39 is 11.9 Å². The van der Waals surface area contributed by atoms with Crippen LogP contribution in [-0.2, 0) is 9.59 Å². The van der Waals surface area contributed by atoms with Crippen molar-refractivity contribution in [1.29, 1.82) is 0 Å². The lowest BCUT2D eigenvalue weighted by Crippen LogP contribution is -2.10. The molecule has 0 bridgehead atoms. The minimum atomic E-state index is -1.15. The zero-order valence-electron chi connectivity index (χ0n) is 9.45. The molecule has 17 heavy (non-hydrogen) atoms. The normalized spacial score (nSPS) is 10.5. The van der Waals surface area contributed by atoms with E-state index >= 15 is 0 Å². The number of carboxylic acid groups (broad SMARTS) is 1. The van der Waals surface area contributed by atoms with E-state index in [1.54, 1.807) is 0 Å². The van der Waals surface area contributed by atoms with Crippen LogP contribution in [0, 0.1) is 13.8 Å². The number of aliphatic carboxylic acids is 1. The van der Waals surface area contributed by atoms with Crippen molar-refractivity contribution in [2.45, 2.75) is 13.8 Å². The Morgan fingerprint density at radius 3 is 2.47 bits per heavy atom. The first-order chi connectivity index (χ1) is 7.90. The quantitative estimate of drug-likeness (QED) is 0.843. The summed E-state index contributed by atoms with van der Waals surface area (Å²) in [6, 6.07) is 3.72. The Labute approximate surface area is 107 Å². The van der Waals surface area contributed by atoms with Gasteiger partial charge in [-0.05, 0) is 37.1 Å². The number of nitrogens with one attached hydrogen (secondary N) is 1. The minimum absolute atomic E-state index is 0.461. The molecule has 90 valence electrons. The van der Waals surface area contributed by atoms with Crippen LogP contribution in [0.5, 0.6) is 0 Å². The van der Waals surface area contributed by atoms with Gasteiger partial charge in [0.1, 0.15) is 0 Å². The molecular formula is C12H12BrNO3. The van der Waals surface area contributed by atoms with E-state index in [0.717, 1.165) is 27.8 Å². The van der Waals surface area contributed by atoms with Crippen LogP contribution < -0.4 is 5.32 Å². The van der Waals surface area contributed by atoms with E-state index in [4.69, 9.17) is 5.11 Å². The maximum absolute atomic E-state index is 11.4. The summed E-state index contributed by atoms with van der Waals surface area (Å²) in [5.41, 5.74) is 2.57. The highest BCUT2D eigenvalue weighted by molar-refractivity contribution is 9.10. The first-order valence-electron chi connectivity index (χ1n) is 4.89. The van der Waals surface area contributed by atoms with Crippen molar-refractivity contribution in [2.24, 2.45) is 0 Å². The minimum Gasteiger partial charge on any atom is -0.478 e. The van der Waals surface area contributed by atoms with E-state index in [9.17, 15) is 9.59 Å². The Bertz CT molecular complexity index is 495. The molecule has 0 unspecified atom stereocenters. The zero-order valence-corrected chi connectivity index (χ0v) is 11.0. The highest BCUT2D eigenvalue weighted by Crippen LogP contribution is 2.24. The van der Waals surface area contributed by atoms with E-state index in [2.05, 4.69) is 21.2 Å². The summed E-state index contributed by atoms with van der Waals surface area (Å²) in [5, 5.41) is 11.0. The third-order valence-corrected chi connectivity index (χ3v) is 3.00. The van der Waals surface area contributed by atoms with Gasteiger partial charge in [0.25, 0.3) is 0 Å². The van der Waals surface area contributed by atoms with Crippen molar-refractivity contribution in [2.75, 3.05) is 5.32 Å². The monoisotopic (exact) mass is 297 g/mol. The Kier molecular flexibility index (Phi) is 4.45. The average molecular weight is 298 g/mol. The molecule has 0 fully saturated rings. The Morgan fingerprint density at radius 2 is 1.88 bits per heavy atom. The molecule has 0 heterocycles. The number of hydrogen-bond donors (Lipinski definition) is 2. The average Bonchev–Trinajstić information content (AvgIpc) is 2.23. The van der Waals surface area contributed by atoms with Gasteiger partial charge >= 0.3 is 5.97 Å². The number of anilines is 1. The van der Waals surface area contributed by atoms with Crippen LogP contribution in [0.15, 0.2) is 28.8 Å². The van der Waals surface area contributed by atoms with Crippen LogP contribution in [0.25, 0.3) is 0 Å². The lowest BCUT2D eigenvalue weighted by atomic mass is 10.1. The molecule has 0 aliphatic rings. The number of benzene rings is 1. The fourth-order valence-electron chi connectivity index (χ4n) is 1.24. The van der Waals surface area contributed by atoms with Gasteiger partial charge in [0.15, 0.2) is 0 Å². The summed E-state index contributed by atoms with van der Waals surface area (Å²) in [4.78, 5) is 21.6. The molecule has 0 radical (unpaired) electrons. The molecule has 0 aliphatic carbocycles. The lowest BCUT2D eigenvalue weighted by molar-refractivity contribution is -0.131. The fraction of sp³-hybridized carbons (Fsp3) is 0.167. The summed E-state index contributed by atoms with van der Waals surface area (Å²) >= 11 is 3.39. The van der Waals surface area contributed by atoms with Crippen molar-refractivity contribution in [3.63, 3.8) is 0 Å². The number of hydrogen-bond acceptors (Lipinski definition) is 2. The van der Waals surface area contributed by atoms with Crippen LogP contribution in [-0.4, -0.2) is 17.0 Å². The second-order valence-electron chi connectivity index (χ2n) is 3.58. The van der Waals surface area contributed by atoms with Crippen LogP contribution in [0.1, 0.15) is 11.1 Å². The molecule has 1 rings (SSSR count). The van der Waals surface area contributed by atoms with Crippen LogP contribution >= 0.6 is 15.9 Å². The maximum atomic E-state index is 11.4. The van der Waals surface area contributed by atoms with E-state index in [1.165, 1.54) is 0 Å². The number of halogens is 1. The molecule has 2 N–H and O–H groups in total. The molecule has 0 saturated heterocycles. The fourth-order valence-corrected chi connectivity index (χ4v) is 1.69. The van der Waals surface area contributed by atoms with Crippen molar-refractivity contribution in [1.82, 2.24) is 0 Å². The van der Waals surface area contributed by atoms with Gasteiger partial charge < -0.3 is 10.4 Å².